The summed E-state index contributed by atoms with van der Waals surface area (Å²) in [7, 11) is 0. The van der Waals surface area contributed by atoms with Crippen LogP contribution in [0.4, 0.5) is 14.9 Å². The van der Waals surface area contributed by atoms with E-state index in [-0.39, 0.29) is 28.2 Å². The molecule has 0 spiro atoms. The number of halogens is 1. The number of thiophene rings is 1. The zero-order valence-electron chi connectivity index (χ0n) is 21.0. The van der Waals surface area contributed by atoms with E-state index in [1.807, 2.05) is 49.5 Å². The minimum absolute atomic E-state index is 0.0621. The van der Waals surface area contributed by atoms with Gasteiger partial charge in [0.1, 0.15) is 0 Å². The van der Waals surface area contributed by atoms with Gasteiger partial charge in [0.25, 0.3) is 0 Å². The van der Waals surface area contributed by atoms with Crippen LogP contribution in [0.15, 0.2) is 60.8 Å². The maximum absolute atomic E-state index is 13.6. The first-order valence-electron chi connectivity index (χ1n) is 12.2. The van der Waals surface area contributed by atoms with Crippen molar-refractivity contribution in [2.24, 2.45) is 5.41 Å². The Balaban J connectivity index is 1.52. The van der Waals surface area contributed by atoms with Gasteiger partial charge >= 0.3 is 6.03 Å². The van der Waals surface area contributed by atoms with Crippen LogP contribution in [0.1, 0.15) is 49.7 Å². The van der Waals surface area contributed by atoms with Crippen LogP contribution in [0, 0.1) is 17.5 Å². The minimum atomic E-state index is -0.203. The average Bonchev–Trinajstić information content (AvgIpc) is 3.46. The monoisotopic (exact) mass is 494 g/mol. The second kappa shape index (κ2) is 10.5. The number of aryl methyl sites for hydroxylation is 2. The number of hydrogen-bond donors (Lipinski definition) is 2. The standard InChI is InChI=1S/C28H35FN4OS/c1-20-10-11-22(18-30-20)27(3,4)33-17-16-28(19-33,15-14-24-12-13-25(29)35-24)21(2)31-26(34)32-23-8-6-5-7-9-23/h5-13,18,21H,14-17,19H2,1-4H3,(H2,31,32,34)/t21-,28+/m0/s1. The molecule has 186 valence electrons. The summed E-state index contributed by atoms with van der Waals surface area (Å²) in [6.45, 7) is 10.3. The average molecular weight is 495 g/mol. The predicted molar refractivity (Wildman–Crippen MR) is 141 cm³/mol. The summed E-state index contributed by atoms with van der Waals surface area (Å²) in [6.07, 6.45) is 4.59. The molecule has 0 saturated carbocycles. The fourth-order valence-electron chi connectivity index (χ4n) is 5.06. The molecule has 1 aromatic carbocycles. The molecule has 1 aliphatic heterocycles. The van der Waals surface area contributed by atoms with Crippen LogP contribution in [-0.4, -0.2) is 35.0 Å². The third kappa shape index (κ3) is 5.90. The highest BCUT2D eigenvalue weighted by Gasteiger charge is 2.47. The first kappa shape index (κ1) is 25.3. The number of nitrogens with one attached hydrogen (secondary N) is 2. The number of amides is 2. The molecule has 2 N–H and O–H groups in total. The number of likely N-dealkylation sites (tertiary alicyclic amines) is 1. The number of carbonyl (C=O) groups is 1. The quantitative estimate of drug-likeness (QED) is 0.383. The molecule has 2 aromatic heterocycles. The fraction of sp³-hybridized carbons (Fsp3) is 0.429. The van der Waals surface area contributed by atoms with Crippen LogP contribution >= 0.6 is 11.3 Å². The zero-order valence-corrected chi connectivity index (χ0v) is 21.8. The van der Waals surface area contributed by atoms with Gasteiger partial charge in [0.05, 0.1) is 0 Å². The number of pyridine rings is 1. The van der Waals surface area contributed by atoms with Gasteiger partial charge in [-0.15, -0.1) is 11.3 Å². The predicted octanol–water partition coefficient (Wildman–Crippen LogP) is 6.36. The molecule has 1 fully saturated rings. The van der Waals surface area contributed by atoms with Crippen LogP contribution in [0.2, 0.25) is 0 Å². The summed E-state index contributed by atoms with van der Waals surface area (Å²) in [5.74, 6) is 0. The van der Waals surface area contributed by atoms with Crippen molar-refractivity contribution in [1.29, 1.82) is 0 Å². The van der Waals surface area contributed by atoms with E-state index in [0.29, 0.717) is 0 Å². The summed E-state index contributed by atoms with van der Waals surface area (Å²) in [6, 6.07) is 16.8. The van der Waals surface area contributed by atoms with Crippen molar-refractivity contribution in [2.75, 3.05) is 18.4 Å². The first-order valence-corrected chi connectivity index (χ1v) is 13.0. The van der Waals surface area contributed by atoms with Gasteiger partial charge in [0.15, 0.2) is 5.13 Å². The van der Waals surface area contributed by atoms with Crippen molar-refractivity contribution in [1.82, 2.24) is 15.2 Å². The van der Waals surface area contributed by atoms with Crippen LogP contribution in [0.5, 0.6) is 0 Å². The van der Waals surface area contributed by atoms with Gasteiger partial charge in [0, 0.05) is 46.0 Å². The highest BCUT2D eigenvalue weighted by atomic mass is 32.1. The molecule has 0 unspecified atom stereocenters. The van der Waals surface area contributed by atoms with E-state index in [1.54, 1.807) is 0 Å². The minimum Gasteiger partial charge on any atom is -0.335 e. The molecule has 5 nitrogen and oxygen atoms in total. The topological polar surface area (TPSA) is 57.3 Å². The molecule has 1 aliphatic rings. The second-order valence-corrected chi connectivity index (χ2v) is 11.3. The van der Waals surface area contributed by atoms with Crippen molar-refractivity contribution < 1.29 is 9.18 Å². The summed E-state index contributed by atoms with van der Waals surface area (Å²) in [5.41, 5.74) is 2.63. The number of benzene rings is 1. The van der Waals surface area contributed by atoms with E-state index in [1.165, 1.54) is 23.0 Å². The van der Waals surface area contributed by atoms with Crippen molar-refractivity contribution in [3.8, 4) is 0 Å². The first-order chi connectivity index (χ1) is 16.7. The number of anilines is 1. The van der Waals surface area contributed by atoms with Gasteiger partial charge < -0.3 is 10.6 Å². The van der Waals surface area contributed by atoms with Gasteiger partial charge in [-0.3, -0.25) is 9.88 Å². The largest absolute Gasteiger partial charge is 0.335 e. The Morgan fingerprint density at radius 3 is 2.63 bits per heavy atom. The molecule has 0 radical (unpaired) electrons. The van der Waals surface area contributed by atoms with Crippen LogP contribution in [-0.2, 0) is 12.0 Å². The van der Waals surface area contributed by atoms with Crippen molar-refractivity contribution in [2.45, 2.75) is 58.5 Å². The Morgan fingerprint density at radius 1 is 1.20 bits per heavy atom. The highest BCUT2D eigenvalue weighted by molar-refractivity contribution is 7.10. The fourth-order valence-corrected chi connectivity index (χ4v) is 5.78. The van der Waals surface area contributed by atoms with E-state index >= 15 is 0 Å². The Hall–Kier alpha value is -2.77. The van der Waals surface area contributed by atoms with Crippen LogP contribution in [0.3, 0.4) is 0 Å². The molecule has 0 bridgehead atoms. The third-order valence-corrected chi connectivity index (χ3v) is 8.52. The third-order valence-electron chi connectivity index (χ3n) is 7.59. The van der Waals surface area contributed by atoms with E-state index in [9.17, 15) is 9.18 Å². The number of hydrogen-bond acceptors (Lipinski definition) is 4. The van der Waals surface area contributed by atoms with Gasteiger partial charge in [-0.1, -0.05) is 24.3 Å². The SMILES string of the molecule is Cc1ccc(C(C)(C)N2CC[C@@](CCc3ccc(F)s3)([C@H](C)NC(=O)Nc3ccccc3)C2)cn1. The van der Waals surface area contributed by atoms with E-state index in [4.69, 9.17) is 0 Å². The number of aromatic nitrogens is 1. The molecule has 35 heavy (non-hydrogen) atoms. The molecule has 0 aliphatic carbocycles. The van der Waals surface area contributed by atoms with E-state index in [2.05, 4.69) is 53.4 Å². The van der Waals surface area contributed by atoms with Crippen LogP contribution in [0.25, 0.3) is 0 Å². The van der Waals surface area contributed by atoms with Crippen molar-refractivity contribution >= 4 is 23.1 Å². The maximum Gasteiger partial charge on any atom is 0.319 e. The second-order valence-electron chi connectivity index (χ2n) is 10.2. The van der Waals surface area contributed by atoms with E-state index < -0.39 is 0 Å². The Labute approximate surface area is 211 Å². The Morgan fingerprint density at radius 2 is 1.97 bits per heavy atom. The summed E-state index contributed by atoms with van der Waals surface area (Å²) >= 11 is 1.21. The Bertz CT molecular complexity index is 1130. The van der Waals surface area contributed by atoms with Gasteiger partial charge in [-0.2, -0.15) is 4.39 Å². The lowest BCUT2D eigenvalue weighted by Gasteiger charge is -2.40. The highest BCUT2D eigenvalue weighted by Crippen LogP contribution is 2.44. The summed E-state index contributed by atoms with van der Waals surface area (Å²) in [5, 5.41) is 6.01. The molecule has 2 atom stereocenters. The van der Waals surface area contributed by atoms with Crippen molar-refractivity contribution in [3.63, 3.8) is 0 Å². The van der Waals surface area contributed by atoms with Gasteiger partial charge in [-0.05, 0) is 89.4 Å². The zero-order chi connectivity index (χ0) is 25.1. The molecule has 7 heteroatoms. The summed E-state index contributed by atoms with van der Waals surface area (Å²) in [4.78, 5) is 20.9. The van der Waals surface area contributed by atoms with Gasteiger partial charge in [-0.25, -0.2) is 4.79 Å². The molecule has 2 amide bonds. The van der Waals surface area contributed by atoms with Crippen LogP contribution < -0.4 is 10.6 Å². The lowest BCUT2D eigenvalue weighted by molar-refractivity contribution is 0.113. The lowest BCUT2D eigenvalue weighted by atomic mass is 9.75. The lowest BCUT2D eigenvalue weighted by Crippen LogP contribution is -2.50. The number of rotatable bonds is 8. The normalized spacial score (nSPS) is 19.5. The molecule has 3 heterocycles. The molecule has 3 aromatic rings. The number of urea groups is 1. The van der Waals surface area contributed by atoms with Crippen molar-refractivity contribution in [3.05, 3.63) is 82.1 Å². The molecular weight excluding hydrogens is 459 g/mol. The molecule has 1 saturated heterocycles. The number of nitrogens with zero attached hydrogens (tertiary/aromatic N) is 2. The maximum atomic E-state index is 13.6. The smallest absolute Gasteiger partial charge is 0.319 e. The van der Waals surface area contributed by atoms with E-state index in [0.717, 1.165) is 48.6 Å². The molecule has 4 rings (SSSR count). The number of para-hydroxylation sites is 1. The number of carbonyl (C=O) groups excluding carboxylic acids is 1. The Kier molecular flexibility index (Phi) is 7.57. The summed E-state index contributed by atoms with van der Waals surface area (Å²) < 4.78 is 13.6. The molecular formula is C28H35FN4OS. The van der Waals surface area contributed by atoms with Gasteiger partial charge in [0.2, 0.25) is 0 Å².